The first-order valence-electron chi connectivity index (χ1n) is 13.4. The SMILES string of the molecule is CC(C)(C)c1[c-]c2c(cc1)-c1ccc(C(C)(C)C)cc1C2.C[C](=[Zr+2])C1CCCCC1.[C-]1=CC=CC1.[Cl-].[Cl-]. The molecular formula is C34H44Cl2Zr-2. The van der Waals surface area contributed by atoms with Crippen molar-refractivity contribution in [1.82, 2.24) is 0 Å². The molecule has 0 aliphatic heterocycles. The summed E-state index contributed by atoms with van der Waals surface area (Å²) < 4.78 is 1.74. The van der Waals surface area contributed by atoms with Crippen LogP contribution in [0, 0.1) is 18.1 Å². The number of hydrogen-bond donors (Lipinski definition) is 0. The molecule has 37 heavy (non-hydrogen) atoms. The Morgan fingerprint density at radius 3 is 1.97 bits per heavy atom. The molecule has 5 rings (SSSR count). The molecule has 3 aliphatic rings. The summed E-state index contributed by atoms with van der Waals surface area (Å²) in [7, 11) is 0. The second-order valence-electron chi connectivity index (χ2n) is 12.3. The van der Waals surface area contributed by atoms with Crippen LogP contribution in [0.4, 0.5) is 0 Å². The molecule has 3 heteroatoms. The fraction of sp³-hybridized carbons (Fsp3) is 0.500. The fourth-order valence-electron chi connectivity index (χ4n) is 4.90. The van der Waals surface area contributed by atoms with Crippen LogP contribution >= 0.6 is 0 Å². The molecule has 3 aliphatic carbocycles. The smallest absolute Gasteiger partial charge is 0.109 e. The van der Waals surface area contributed by atoms with Gasteiger partial charge >= 0.3 is 72.4 Å². The van der Waals surface area contributed by atoms with Crippen molar-refractivity contribution in [3.8, 4) is 11.1 Å². The first kappa shape index (κ1) is 34.3. The molecule has 0 nitrogen and oxygen atoms in total. The van der Waals surface area contributed by atoms with Crippen LogP contribution in [0.5, 0.6) is 0 Å². The van der Waals surface area contributed by atoms with Gasteiger partial charge in [0.05, 0.1) is 0 Å². The van der Waals surface area contributed by atoms with Crippen molar-refractivity contribution in [1.29, 1.82) is 0 Å². The van der Waals surface area contributed by atoms with Crippen LogP contribution in [0.1, 0.15) is 109 Å². The summed E-state index contributed by atoms with van der Waals surface area (Å²) in [5, 5.41) is 0. The van der Waals surface area contributed by atoms with Crippen LogP contribution in [0.25, 0.3) is 11.1 Å². The summed E-state index contributed by atoms with van der Waals surface area (Å²) in [5.74, 6) is 1.01. The summed E-state index contributed by atoms with van der Waals surface area (Å²) >= 11 is 1.66. The van der Waals surface area contributed by atoms with Gasteiger partial charge in [0.1, 0.15) is 0 Å². The number of benzene rings is 2. The third kappa shape index (κ3) is 10.1. The molecule has 0 unspecified atom stereocenters. The van der Waals surface area contributed by atoms with Gasteiger partial charge in [-0.3, -0.25) is 6.08 Å². The van der Waals surface area contributed by atoms with E-state index in [1.807, 2.05) is 12.2 Å². The molecule has 0 amide bonds. The van der Waals surface area contributed by atoms with Crippen molar-refractivity contribution >= 4 is 3.21 Å². The number of hydrogen-bond acceptors (Lipinski definition) is 0. The van der Waals surface area contributed by atoms with Gasteiger partial charge in [-0.25, -0.2) is 12.2 Å². The molecule has 2 aromatic carbocycles. The Morgan fingerprint density at radius 2 is 1.51 bits per heavy atom. The van der Waals surface area contributed by atoms with Gasteiger partial charge in [0.25, 0.3) is 0 Å². The third-order valence-electron chi connectivity index (χ3n) is 7.27. The normalized spacial score (nSPS) is 15.7. The molecule has 0 atom stereocenters. The summed E-state index contributed by atoms with van der Waals surface area (Å²) in [6.07, 6.45) is 18.4. The molecule has 0 heterocycles. The first-order chi connectivity index (χ1) is 16.5. The van der Waals surface area contributed by atoms with Crippen LogP contribution in [0.15, 0.2) is 48.6 Å². The minimum absolute atomic E-state index is 0. The molecule has 1 saturated carbocycles. The van der Waals surface area contributed by atoms with E-state index in [1.165, 1.54) is 65.5 Å². The summed E-state index contributed by atoms with van der Waals surface area (Å²) in [5.41, 5.74) is 8.70. The molecule has 0 N–H and O–H groups in total. The van der Waals surface area contributed by atoms with Crippen LogP contribution in [-0.4, -0.2) is 3.21 Å². The van der Waals surface area contributed by atoms with Crippen molar-refractivity contribution in [2.75, 3.05) is 0 Å². The number of allylic oxidation sites excluding steroid dienone is 4. The molecule has 200 valence electrons. The third-order valence-corrected chi connectivity index (χ3v) is 8.27. The van der Waals surface area contributed by atoms with E-state index < -0.39 is 0 Å². The molecule has 0 aromatic heterocycles. The standard InChI is InChI=1S/C21H25.C8H14.C5H5.2ClH.Zr/c1-20(2,3)16-7-9-18-14(12-16)11-15-13-17(21(4,5)6)8-10-19(15)18;1-2-8-6-4-3-5-7-8;1-2-4-5-3-1;;;/h7-10,12H,11H2,1-6H3;8H,3-7H2,1H3;1-3H,4H2;2*1H;/q-1;;-1;;;+2/p-2. The van der Waals surface area contributed by atoms with E-state index >= 15 is 0 Å². The van der Waals surface area contributed by atoms with Gasteiger partial charge in [-0.2, -0.15) is 29.8 Å². The van der Waals surface area contributed by atoms with Crippen molar-refractivity contribution in [3.05, 3.63) is 83.0 Å². The monoisotopic (exact) mass is 612 g/mol. The molecule has 0 saturated heterocycles. The topological polar surface area (TPSA) is 0 Å². The van der Waals surface area contributed by atoms with Gasteiger partial charge < -0.3 is 24.8 Å². The summed E-state index contributed by atoms with van der Waals surface area (Å²) in [6.45, 7) is 15.9. The molecular weight excluding hydrogens is 571 g/mol. The van der Waals surface area contributed by atoms with Crippen LogP contribution < -0.4 is 24.8 Å². The Bertz CT molecular complexity index is 1000. The quantitative estimate of drug-likeness (QED) is 0.370. The largest absolute Gasteiger partial charge is 1.00 e. The zero-order valence-electron chi connectivity index (χ0n) is 23.9. The fourth-order valence-corrected chi connectivity index (χ4v) is 5.61. The van der Waals surface area contributed by atoms with Crippen molar-refractivity contribution in [3.63, 3.8) is 0 Å². The predicted octanol–water partition coefficient (Wildman–Crippen LogP) is 3.27. The van der Waals surface area contributed by atoms with Crippen molar-refractivity contribution in [2.24, 2.45) is 5.92 Å². The second-order valence-corrected chi connectivity index (χ2v) is 14.3. The number of fused-ring (bicyclic) bond motifs is 3. The molecule has 0 bridgehead atoms. The van der Waals surface area contributed by atoms with E-state index in [0.29, 0.717) is 0 Å². The number of halogens is 2. The Hall–Kier alpha value is -0.747. The Kier molecular flexibility index (Phi) is 14.0. The van der Waals surface area contributed by atoms with Crippen LogP contribution in [0.3, 0.4) is 0 Å². The summed E-state index contributed by atoms with van der Waals surface area (Å²) in [4.78, 5) is 0. The van der Waals surface area contributed by atoms with E-state index in [9.17, 15) is 0 Å². The van der Waals surface area contributed by atoms with E-state index in [-0.39, 0.29) is 35.6 Å². The molecule has 0 spiro atoms. The van der Waals surface area contributed by atoms with Crippen LogP contribution in [0.2, 0.25) is 0 Å². The Balaban J connectivity index is 0.000000354. The van der Waals surface area contributed by atoms with Crippen molar-refractivity contribution in [2.45, 2.75) is 104 Å². The maximum Gasteiger partial charge on any atom is -0.109 e. The average molecular weight is 615 g/mol. The van der Waals surface area contributed by atoms with Gasteiger partial charge in [0.2, 0.25) is 0 Å². The van der Waals surface area contributed by atoms with Gasteiger partial charge in [-0.05, 0) is 28.4 Å². The minimum Gasteiger partial charge on any atom is -1.00 e. The van der Waals surface area contributed by atoms with Gasteiger partial charge in [-0.15, -0.1) is 17.5 Å². The van der Waals surface area contributed by atoms with Crippen molar-refractivity contribution < 1.29 is 49.0 Å². The van der Waals surface area contributed by atoms with E-state index in [1.54, 1.807) is 27.4 Å². The van der Waals surface area contributed by atoms with E-state index in [2.05, 4.69) is 97.0 Å². The predicted molar refractivity (Wildman–Crippen MR) is 150 cm³/mol. The maximum atomic E-state index is 3.67. The molecule has 0 radical (unpaired) electrons. The summed E-state index contributed by atoms with van der Waals surface area (Å²) in [6, 6.07) is 15.2. The Morgan fingerprint density at radius 1 is 0.865 bits per heavy atom. The van der Waals surface area contributed by atoms with E-state index in [0.717, 1.165) is 18.8 Å². The van der Waals surface area contributed by atoms with Gasteiger partial charge in [0, 0.05) is 0 Å². The van der Waals surface area contributed by atoms with Gasteiger partial charge in [-0.1, -0.05) is 65.3 Å². The van der Waals surface area contributed by atoms with Crippen LogP contribution in [-0.2, 0) is 41.5 Å². The zero-order valence-corrected chi connectivity index (χ0v) is 27.9. The number of rotatable bonds is 1. The molecule has 2 aromatic rings. The zero-order chi connectivity index (χ0) is 25.6. The molecule has 1 fully saturated rings. The minimum atomic E-state index is 0. The Labute approximate surface area is 255 Å². The maximum absolute atomic E-state index is 3.67. The first-order valence-corrected chi connectivity index (χ1v) is 14.7. The average Bonchev–Trinajstić information content (AvgIpc) is 3.49. The van der Waals surface area contributed by atoms with Gasteiger partial charge in [0.15, 0.2) is 0 Å². The van der Waals surface area contributed by atoms with E-state index in [4.69, 9.17) is 0 Å². The second kappa shape index (κ2) is 15.1.